The first-order chi connectivity index (χ1) is 16.9. The molecule has 1 saturated heterocycles. The number of aromatic amines is 1. The number of benzene rings is 2. The Kier molecular flexibility index (Phi) is 8.09. The number of aryl methyl sites for hydroxylation is 1. The van der Waals surface area contributed by atoms with Crippen LogP contribution < -0.4 is 10.1 Å². The van der Waals surface area contributed by atoms with Crippen LogP contribution in [0, 0.1) is 12.8 Å². The number of methoxy groups -OCH3 is 1. The summed E-state index contributed by atoms with van der Waals surface area (Å²) in [6.07, 6.45) is 1.30. The minimum absolute atomic E-state index is 0.128. The van der Waals surface area contributed by atoms with Crippen LogP contribution in [0.4, 0.5) is 0 Å². The fraction of sp³-hybridized carbons (Fsp3) is 0.375. The van der Waals surface area contributed by atoms with Gasteiger partial charge in [0, 0.05) is 31.0 Å². The minimum Gasteiger partial charge on any atom is -0.496 e. The molecule has 0 spiro atoms. The summed E-state index contributed by atoms with van der Waals surface area (Å²) in [5, 5.41) is 10.7. The largest absolute Gasteiger partial charge is 0.496 e. The van der Waals surface area contributed by atoms with E-state index in [4.69, 9.17) is 4.74 Å². The van der Waals surface area contributed by atoms with E-state index in [2.05, 4.69) is 20.5 Å². The van der Waals surface area contributed by atoms with Gasteiger partial charge in [0.2, 0.25) is 21.1 Å². The SMILES string of the molecule is COc1ccc(S(=O)(=O)N2CCC[C@H](C(=O)NCCSc3n[nH]c(-c4ccccc4)n3)C2)cc1C. The summed E-state index contributed by atoms with van der Waals surface area (Å²) in [5.41, 5.74) is 1.71. The summed E-state index contributed by atoms with van der Waals surface area (Å²) in [6.45, 7) is 2.83. The summed E-state index contributed by atoms with van der Waals surface area (Å²) >= 11 is 1.45. The van der Waals surface area contributed by atoms with Gasteiger partial charge in [0.15, 0.2) is 5.82 Å². The zero-order valence-corrected chi connectivity index (χ0v) is 21.4. The average Bonchev–Trinajstić information content (AvgIpc) is 3.36. The molecule has 3 aromatic rings. The van der Waals surface area contributed by atoms with Gasteiger partial charge in [-0.2, -0.15) is 4.31 Å². The molecule has 2 aromatic carbocycles. The third-order valence-electron chi connectivity index (χ3n) is 5.90. The molecular formula is C24H29N5O4S2. The quantitative estimate of drug-likeness (QED) is 0.332. The molecule has 0 radical (unpaired) electrons. The van der Waals surface area contributed by atoms with E-state index < -0.39 is 10.0 Å². The Labute approximate surface area is 209 Å². The van der Waals surface area contributed by atoms with Gasteiger partial charge in [-0.15, -0.1) is 5.10 Å². The van der Waals surface area contributed by atoms with Crippen LogP contribution in [0.1, 0.15) is 18.4 Å². The van der Waals surface area contributed by atoms with Gasteiger partial charge in [-0.25, -0.2) is 13.4 Å². The number of amides is 1. The first-order valence-electron chi connectivity index (χ1n) is 11.4. The lowest BCUT2D eigenvalue weighted by atomic mass is 9.99. The van der Waals surface area contributed by atoms with Crippen LogP contribution in [-0.4, -0.2) is 66.3 Å². The van der Waals surface area contributed by atoms with Gasteiger partial charge >= 0.3 is 0 Å². The number of sulfonamides is 1. The van der Waals surface area contributed by atoms with Crippen molar-refractivity contribution in [2.75, 3.05) is 32.5 Å². The summed E-state index contributed by atoms with van der Waals surface area (Å²) in [6, 6.07) is 14.6. The van der Waals surface area contributed by atoms with E-state index in [9.17, 15) is 13.2 Å². The van der Waals surface area contributed by atoms with Crippen molar-refractivity contribution >= 4 is 27.7 Å². The molecule has 35 heavy (non-hydrogen) atoms. The molecule has 1 aliphatic rings. The number of carbonyl (C=O) groups is 1. The number of nitrogens with one attached hydrogen (secondary N) is 2. The molecule has 11 heteroatoms. The average molecular weight is 516 g/mol. The molecule has 1 amide bonds. The second-order valence-corrected chi connectivity index (χ2v) is 11.3. The molecule has 1 aliphatic heterocycles. The molecule has 9 nitrogen and oxygen atoms in total. The number of ether oxygens (including phenoxy) is 1. The van der Waals surface area contributed by atoms with Gasteiger partial charge in [0.1, 0.15) is 5.75 Å². The van der Waals surface area contributed by atoms with E-state index in [1.165, 1.54) is 16.1 Å². The lowest BCUT2D eigenvalue weighted by molar-refractivity contribution is -0.125. The van der Waals surface area contributed by atoms with E-state index in [1.54, 1.807) is 25.3 Å². The molecular weight excluding hydrogens is 486 g/mol. The summed E-state index contributed by atoms with van der Waals surface area (Å²) in [7, 11) is -2.13. The smallest absolute Gasteiger partial charge is 0.243 e. The van der Waals surface area contributed by atoms with E-state index in [-0.39, 0.29) is 23.3 Å². The maximum atomic E-state index is 13.2. The molecule has 1 fully saturated rings. The van der Waals surface area contributed by atoms with Crippen molar-refractivity contribution in [1.82, 2.24) is 24.8 Å². The number of rotatable bonds is 9. The van der Waals surface area contributed by atoms with Crippen molar-refractivity contribution in [1.29, 1.82) is 0 Å². The Morgan fingerprint density at radius 1 is 1.26 bits per heavy atom. The first-order valence-corrected chi connectivity index (χ1v) is 13.8. The Morgan fingerprint density at radius 2 is 2.06 bits per heavy atom. The molecule has 186 valence electrons. The molecule has 1 aromatic heterocycles. The molecule has 2 heterocycles. The van der Waals surface area contributed by atoms with Crippen molar-refractivity contribution in [3.63, 3.8) is 0 Å². The fourth-order valence-electron chi connectivity index (χ4n) is 4.03. The monoisotopic (exact) mass is 515 g/mol. The van der Waals surface area contributed by atoms with Crippen LogP contribution in [0.3, 0.4) is 0 Å². The second-order valence-electron chi connectivity index (χ2n) is 8.31. The van der Waals surface area contributed by atoms with Gasteiger partial charge < -0.3 is 10.1 Å². The van der Waals surface area contributed by atoms with E-state index in [1.807, 2.05) is 37.3 Å². The van der Waals surface area contributed by atoms with Gasteiger partial charge in [0.05, 0.1) is 17.9 Å². The van der Waals surface area contributed by atoms with Gasteiger partial charge in [-0.05, 0) is 43.5 Å². The lowest BCUT2D eigenvalue weighted by Gasteiger charge is -2.31. The van der Waals surface area contributed by atoms with Gasteiger partial charge in [-0.1, -0.05) is 42.1 Å². The number of piperidine rings is 1. The minimum atomic E-state index is -3.68. The number of H-pyrrole nitrogens is 1. The zero-order chi connectivity index (χ0) is 24.8. The van der Waals surface area contributed by atoms with Crippen LogP contribution in [0.25, 0.3) is 11.4 Å². The molecule has 2 N–H and O–H groups in total. The fourth-order valence-corrected chi connectivity index (χ4v) is 6.29. The highest BCUT2D eigenvalue weighted by Gasteiger charge is 2.33. The first kappa shape index (κ1) is 25.2. The number of thioether (sulfide) groups is 1. The highest BCUT2D eigenvalue weighted by Crippen LogP contribution is 2.27. The second kappa shape index (κ2) is 11.2. The predicted octanol–water partition coefficient (Wildman–Crippen LogP) is 3.10. The summed E-state index contributed by atoms with van der Waals surface area (Å²) in [5.74, 6) is 1.44. The Hall–Kier alpha value is -2.89. The third kappa shape index (κ3) is 6.03. The van der Waals surface area contributed by atoms with Crippen LogP contribution in [-0.2, 0) is 14.8 Å². The number of aromatic nitrogens is 3. The van der Waals surface area contributed by atoms with Crippen molar-refractivity contribution < 1.29 is 17.9 Å². The number of nitrogens with zero attached hydrogens (tertiary/aromatic N) is 3. The molecule has 0 aliphatic carbocycles. The van der Waals surface area contributed by atoms with E-state index in [0.29, 0.717) is 48.4 Å². The van der Waals surface area contributed by atoms with Gasteiger partial charge in [0.25, 0.3) is 0 Å². The van der Waals surface area contributed by atoms with Gasteiger partial charge in [-0.3, -0.25) is 9.89 Å². The van der Waals surface area contributed by atoms with Crippen molar-refractivity contribution in [2.24, 2.45) is 5.92 Å². The number of carbonyl (C=O) groups excluding carboxylic acids is 1. The normalized spacial score (nSPS) is 16.7. The summed E-state index contributed by atoms with van der Waals surface area (Å²) in [4.78, 5) is 17.4. The Morgan fingerprint density at radius 3 is 2.80 bits per heavy atom. The van der Waals surface area contributed by atoms with E-state index in [0.717, 1.165) is 11.1 Å². The highest BCUT2D eigenvalue weighted by atomic mass is 32.2. The molecule has 4 rings (SSSR count). The predicted molar refractivity (Wildman–Crippen MR) is 135 cm³/mol. The Bertz CT molecular complexity index is 1260. The topological polar surface area (TPSA) is 117 Å². The molecule has 0 unspecified atom stereocenters. The molecule has 0 saturated carbocycles. The molecule has 1 atom stereocenters. The Balaban J connectivity index is 1.28. The standard InChI is InChI=1S/C24H29N5O4S2/c1-17-15-20(10-11-21(17)33-2)35(31,32)29-13-6-9-19(16-29)23(30)25-12-14-34-24-26-22(27-28-24)18-7-4-3-5-8-18/h3-5,7-8,10-11,15,19H,6,9,12-14,16H2,1-2H3,(H,25,30)(H,26,27,28)/t19-/m0/s1. The lowest BCUT2D eigenvalue weighted by Crippen LogP contribution is -2.45. The number of hydrogen-bond donors (Lipinski definition) is 2. The highest BCUT2D eigenvalue weighted by molar-refractivity contribution is 7.99. The van der Waals surface area contributed by atoms with Crippen LogP contribution in [0.15, 0.2) is 58.6 Å². The van der Waals surface area contributed by atoms with Crippen molar-refractivity contribution in [2.45, 2.75) is 29.8 Å². The maximum absolute atomic E-state index is 13.2. The number of hydrogen-bond acceptors (Lipinski definition) is 7. The zero-order valence-electron chi connectivity index (χ0n) is 19.7. The van der Waals surface area contributed by atoms with Crippen molar-refractivity contribution in [3.05, 3.63) is 54.1 Å². The third-order valence-corrected chi connectivity index (χ3v) is 8.61. The molecule has 0 bridgehead atoms. The summed E-state index contributed by atoms with van der Waals surface area (Å²) < 4.78 is 33.0. The van der Waals surface area contributed by atoms with Crippen LogP contribution in [0.2, 0.25) is 0 Å². The maximum Gasteiger partial charge on any atom is 0.243 e. The van der Waals surface area contributed by atoms with E-state index >= 15 is 0 Å². The van der Waals surface area contributed by atoms with Crippen LogP contribution in [0.5, 0.6) is 5.75 Å². The van der Waals surface area contributed by atoms with Crippen molar-refractivity contribution in [3.8, 4) is 17.1 Å². The van der Waals surface area contributed by atoms with Crippen LogP contribution >= 0.6 is 11.8 Å².